The minimum absolute atomic E-state index is 0.0848. The van der Waals surface area contributed by atoms with Crippen LogP contribution in [-0.2, 0) is 9.53 Å². The van der Waals surface area contributed by atoms with Crippen molar-refractivity contribution in [3.63, 3.8) is 0 Å². The molecule has 6 nitrogen and oxygen atoms in total. The molecule has 0 saturated heterocycles. The van der Waals surface area contributed by atoms with Crippen LogP contribution in [0.4, 0.5) is 0 Å². The molecule has 30 heavy (non-hydrogen) atoms. The fourth-order valence-corrected chi connectivity index (χ4v) is 4.39. The van der Waals surface area contributed by atoms with Gasteiger partial charge >= 0.3 is 0 Å². The van der Waals surface area contributed by atoms with E-state index in [0.717, 1.165) is 42.7 Å². The summed E-state index contributed by atoms with van der Waals surface area (Å²) in [6, 6.07) is 6.32. The van der Waals surface area contributed by atoms with Crippen LogP contribution in [0, 0.1) is 0 Å². The van der Waals surface area contributed by atoms with Gasteiger partial charge in [-0.15, -0.1) is 0 Å². The van der Waals surface area contributed by atoms with Gasteiger partial charge in [0, 0.05) is 19.6 Å². The number of carbonyl (C=O) groups is 1. The molecule has 2 aliphatic rings. The highest BCUT2D eigenvalue weighted by Gasteiger charge is 2.29. The van der Waals surface area contributed by atoms with E-state index < -0.39 is 0 Å². The van der Waals surface area contributed by atoms with Crippen LogP contribution in [0.25, 0.3) is 0 Å². The van der Waals surface area contributed by atoms with E-state index in [9.17, 15) is 4.79 Å². The van der Waals surface area contributed by atoms with Gasteiger partial charge in [-0.25, -0.2) is 0 Å². The Labute approximate surface area is 181 Å². The molecule has 1 aliphatic heterocycles. The number of nitrogens with one attached hydrogen (secondary N) is 2. The average molecular weight is 419 g/mol. The normalized spacial score (nSPS) is 18.2. The predicted molar refractivity (Wildman–Crippen MR) is 118 cm³/mol. The molecule has 1 amide bonds. The SMILES string of the molecule is CCCCCCCC(=O)N[C@H](NC1CCCC1)[C@H](OC)c1ccc2c(c1)OCCO2. The molecule has 2 N–H and O–H groups in total. The maximum atomic E-state index is 12.7. The minimum Gasteiger partial charge on any atom is -0.486 e. The fraction of sp³-hybridized carbons (Fsp3) is 0.708. The van der Waals surface area contributed by atoms with Crippen LogP contribution >= 0.6 is 0 Å². The maximum Gasteiger partial charge on any atom is 0.221 e. The quantitative estimate of drug-likeness (QED) is 0.387. The van der Waals surface area contributed by atoms with Gasteiger partial charge < -0.3 is 19.5 Å². The molecule has 0 aromatic heterocycles. The smallest absolute Gasteiger partial charge is 0.221 e. The molecule has 1 heterocycles. The first kappa shape index (κ1) is 22.9. The number of fused-ring (bicyclic) bond motifs is 1. The second-order valence-corrected chi connectivity index (χ2v) is 8.42. The first-order valence-electron chi connectivity index (χ1n) is 11.7. The lowest BCUT2D eigenvalue weighted by molar-refractivity contribution is -0.123. The first-order chi connectivity index (χ1) is 14.7. The highest BCUT2D eigenvalue weighted by Crippen LogP contribution is 2.34. The van der Waals surface area contributed by atoms with Gasteiger partial charge in [-0.1, -0.05) is 51.5 Å². The van der Waals surface area contributed by atoms with Crippen LogP contribution in [0.15, 0.2) is 18.2 Å². The van der Waals surface area contributed by atoms with Crippen LogP contribution in [0.1, 0.15) is 82.8 Å². The van der Waals surface area contributed by atoms with Crippen molar-refractivity contribution >= 4 is 5.91 Å². The summed E-state index contributed by atoms with van der Waals surface area (Å²) in [4.78, 5) is 12.7. The van der Waals surface area contributed by atoms with E-state index in [2.05, 4.69) is 17.6 Å². The molecule has 1 aromatic rings. The summed E-state index contributed by atoms with van der Waals surface area (Å²) in [5, 5.41) is 6.88. The second-order valence-electron chi connectivity index (χ2n) is 8.42. The molecule has 3 rings (SSSR count). The number of amides is 1. The molecular weight excluding hydrogens is 380 g/mol. The molecule has 0 spiro atoms. The summed E-state index contributed by atoms with van der Waals surface area (Å²) in [6.45, 7) is 3.32. The standard InChI is InChI=1S/C24H38N2O4/c1-3-4-5-6-7-12-22(27)26-24(25-19-10-8-9-11-19)23(28-2)18-13-14-20-21(17-18)30-16-15-29-20/h13-14,17,19,23-25H,3-12,15-16H2,1-2H3,(H,26,27)/t23-,24+/m1/s1. The Balaban J connectivity index is 1.66. The van der Waals surface area contributed by atoms with Crippen molar-refractivity contribution in [2.45, 2.75) is 89.4 Å². The monoisotopic (exact) mass is 418 g/mol. The van der Waals surface area contributed by atoms with Gasteiger partial charge in [0.2, 0.25) is 5.91 Å². The van der Waals surface area contributed by atoms with Gasteiger partial charge in [-0.05, 0) is 37.0 Å². The molecule has 6 heteroatoms. The van der Waals surface area contributed by atoms with Crippen molar-refractivity contribution in [2.75, 3.05) is 20.3 Å². The van der Waals surface area contributed by atoms with Crippen molar-refractivity contribution < 1.29 is 19.0 Å². The average Bonchev–Trinajstić information content (AvgIpc) is 3.27. The summed E-state index contributed by atoms with van der Waals surface area (Å²) in [5.74, 6) is 1.58. The molecule has 0 radical (unpaired) electrons. The summed E-state index contributed by atoms with van der Waals surface area (Å²) in [7, 11) is 1.70. The van der Waals surface area contributed by atoms with E-state index in [1.54, 1.807) is 7.11 Å². The van der Waals surface area contributed by atoms with Gasteiger partial charge in [-0.2, -0.15) is 0 Å². The Kier molecular flexibility index (Phi) is 9.27. The molecule has 0 unspecified atom stereocenters. The zero-order chi connectivity index (χ0) is 21.2. The largest absolute Gasteiger partial charge is 0.486 e. The zero-order valence-corrected chi connectivity index (χ0v) is 18.6. The summed E-state index contributed by atoms with van der Waals surface area (Å²) in [6.07, 6.45) is 10.4. The van der Waals surface area contributed by atoms with Crippen LogP contribution in [0.5, 0.6) is 11.5 Å². The summed E-state index contributed by atoms with van der Waals surface area (Å²) in [5.41, 5.74) is 0.973. The Morgan fingerprint density at radius 1 is 1.10 bits per heavy atom. The Morgan fingerprint density at radius 3 is 2.57 bits per heavy atom. The second kappa shape index (κ2) is 12.2. The topological polar surface area (TPSA) is 68.8 Å². The lowest BCUT2D eigenvalue weighted by Gasteiger charge is -2.31. The van der Waals surface area contributed by atoms with Crippen molar-refractivity contribution in [1.29, 1.82) is 0 Å². The lowest BCUT2D eigenvalue weighted by atomic mass is 10.0. The highest BCUT2D eigenvalue weighted by molar-refractivity contribution is 5.76. The van der Waals surface area contributed by atoms with Crippen LogP contribution in [-0.4, -0.2) is 38.4 Å². The number of hydrogen-bond acceptors (Lipinski definition) is 5. The van der Waals surface area contributed by atoms with E-state index in [-0.39, 0.29) is 18.2 Å². The first-order valence-corrected chi connectivity index (χ1v) is 11.7. The third-order valence-corrected chi connectivity index (χ3v) is 6.05. The van der Waals surface area contributed by atoms with E-state index >= 15 is 0 Å². The molecule has 1 saturated carbocycles. The number of ether oxygens (including phenoxy) is 3. The summed E-state index contributed by atoms with van der Waals surface area (Å²) < 4.78 is 17.3. The Bertz CT molecular complexity index is 661. The summed E-state index contributed by atoms with van der Waals surface area (Å²) >= 11 is 0. The Hall–Kier alpha value is -1.79. The van der Waals surface area contributed by atoms with E-state index in [4.69, 9.17) is 14.2 Å². The van der Waals surface area contributed by atoms with E-state index in [1.807, 2.05) is 18.2 Å². The molecule has 1 fully saturated rings. The molecule has 0 bridgehead atoms. The number of carbonyl (C=O) groups excluding carboxylic acids is 1. The van der Waals surface area contributed by atoms with Crippen LogP contribution in [0.3, 0.4) is 0 Å². The maximum absolute atomic E-state index is 12.7. The molecular formula is C24H38N2O4. The van der Waals surface area contributed by atoms with E-state index in [0.29, 0.717) is 25.7 Å². The zero-order valence-electron chi connectivity index (χ0n) is 18.6. The predicted octanol–water partition coefficient (Wildman–Crippen LogP) is 4.48. The number of unbranched alkanes of at least 4 members (excludes halogenated alkanes) is 4. The van der Waals surface area contributed by atoms with Crippen molar-refractivity contribution in [2.24, 2.45) is 0 Å². The molecule has 168 valence electrons. The van der Waals surface area contributed by atoms with Gasteiger partial charge in [0.15, 0.2) is 11.5 Å². The van der Waals surface area contributed by atoms with Crippen molar-refractivity contribution in [3.05, 3.63) is 23.8 Å². The van der Waals surface area contributed by atoms with Gasteiger partial charge in [0.25, 0.3) is 0 Å². The third kappa shape index (κ3) is 6.61. The number of hydrogen-bond donors (Lipinski definition) is 2. The van der Waals surface area contributed by atoms with Gasteiger partial charge in [0.05, 0.1) is 0 Å². The number of benzene rings is 1. The van der Waals surface area contributed by atoms with Crippen molar-refractivity contribution in [1.82, 2.24) is 10.6 Å². The molecule has 1 aliphatic carbocycles. The fourth-order valence-electron chi connectivity index (χ4n) is 4.39. The third-order valence-electron chi connectivity index (χ3n) is 6.05. The minimum atomic E-state index is -0.300. The number of rotatable bonds is 12. The highest BCUT2D eigenvalue weighted by atomic mass is 16.6. The Morgan fingerprint density at radius 2 is 1.83 bits per heavy atom. The molecule has 1 aromatic carbocycles. The van der Waals surface area contributed by atoms with Crippen molar-refractivity contribution in [3.8, 4) is 11.5 Å². The number of methoxy groups -OCH3 is 1. The van der Waals surface area contributed by atoms with Gasteiger partial charge in [0.1, 0.15) is 25.5 Å². The lowest BCUT2D eigenvalue weighted by Crippen LogP contribution is -2.52. The van der Waals surface area contributed by atoms with Crippen LogP contribution < -0.4 is 20.1 Å². The van der Waals surface area contributed by atoms with E-state index in [1.165, 1.54) is 32.1 Å². The van der Waals surface area contributed by atoms with Gasteiger partial charge in [-0.3, -0.25) is 10.1 Å². The van der Waals surface area contributed by atoms with Crippen LogP contribution in [0.2, 0.25) is 0 Å². The molecule has 2 atom stereocenters.